The third-order valence-electron chi connectivity index (χ3n) is 2.24. The molecule has 21 heavy (non-hydrogen) atoms. The highest BCUT2D eigenvalue weighted by molar-refractivity contribution is 9.10. The van der Waals surface area contributed by atoms with E-state index in [0.717, 1.165) is 12.1 Å². The summed E-state index contributed by atoms with van der Waals surface area (Å²) in [5.74, 6) is -1.50. The number of carbonyl (C=O) groups is 1. The Morgan fingerprint density at radius 1 is 1.48 bits per heavy atom. The van der Waals surface area contributed by atoms with Crippen LogP contribution in [0.25, 0.3) is 0 Å². The lowest BCUT2D eigenvalue weighted by molar-refractivity contribution is -0.123. The number of ether oxygens (including phenoxy) is 2. The number of rotatable bonds is 7. The first kappa shape index (κ1) is 18.1. The molecule has 1 rings (SSSR count). The first-order chi connectivity index (χ1) is 9.75. The fourth-order valence-electron chi connectivity index (χ4n) is 1.29. The first-order valence-electron chi connectivity index (χ1n) is 5.58. The van der Waals surface area contributed by atoms with Crippen LogP contribution >= 0.6 is 26.6 Å². The van der Waals surface area contributed by atoms with Crippen molar-refractivity contribution in [1.29, 1.82) is 0 Å². The maximum absolute atomic E-state index is 13.6. The van der Waals surface area contributed by atoms with Gasteiger partial charge in [-0.3, -0.25) is 4.79 Å². The van der Waals surface area contributed by atoms with Crippen molar-refractivity contribution in [3.8, 4) is 5.75 Å². The van der Waals surface area contributed by atoms with Crippen LogP contribution in [-0.4, -0.2) is 41.2 Å². The Hall–Kier alpha value is -0.900. The van der Waals surface area contributed by atoms with Crippen molar-refractivity contribution >= 4 is 41.6 Å². The van der Waals surface area contributed by atoms with Crippen LogP contribution in [-0.2, 0) is 18.6 Å². The van der Waals surface area contributed by atoms with Crippen molar-refractivity contribution in [3.05, 3.63) is 22.4 Å². The van der Waals surface area contributed by atoms with Gasteiger partial charge in [0.05, 0.1) is 11.1 Å². The average molecular weight is 405 g/mol. The van der Waals surface area contributed by atoms with Gasteiger partial charge in [0.2, 0.25) is 0 Å². The highest BCUT2D eigenvalue weighted by Gasteiger charge is 2.19. The Balaban J connectivity index is 2.73. The van der Waals surface area contributed by atoms with Gasteiger partial charge in [-0.15, -0.1) is 0 Å². The lowest BCUT2D eigenvalue weighted by Gasteiger charge is -2.10. The summed E-state index contributed by atoms with van der Waals surface area (Å²) in [4.78, 5) is 10.7. The molecule has 10 heteroatoms. The van der Waals surface area contributed by atoms with Gasteiger partial charge < -0.3 is 14.8 Å². The van der Waals surface area contributed by atoms with E-state index in [-0.39, 0.29) is 16.8 Å². The SMILES string of the molecule is COCCNC(=O)COc1cc(F)c(S(=O)(=O)Cl)cc1Br. The third kappa shape index (κ3) is 5.77. The van der Waals surface area contributed by atoms with Gasteiger partial charge in [0.15, 0.2) is 6.61 Å². The van der Waals surface area contributed by atoms with E-state index in [2.05, 4.69) is 21.2 Å². The minimum atomic E-state index is -4.20. The molecule has 0 fully saturated rings. The van der Waals surface area contributed by atoms with E-state index in [1.165, 1.54) is 7.11 Å². The Morgan fingerprint density at radius 3 is 2.71 bits per heavy atom. The number of benzene rings is 1. The Bertz CT molecular complexity index is 625. The van der Waals surface area contributed by atoms with Crippen LogP contribution in [0.2, 0.25) is 0 Å². The topological polar surface area (TPSA) is 81.7 Å². The quantitative estimate of drug-likeness (QED) is 0.552. The van der Waals surface area contributed by atoms with Crippen molar-refractivity contribution < 1.29 is 27.1 Å². The van der Waals surface area contributed by atoms with Crippen molar-refractivity contribution in [2.45, 2.75) is 4.90 Å². The van der Waals surface area contributed by atoms with Gasteiger partial charge in [0, 0.05) is 30.4 Å². The third-order valence-corrected chi connectivity index (χ3v) is 4.19. The molecule has 0 unspecified atom stereocenters. The molecule has 1 aromatic rings. The zero-order chi connectivity index (χ0) is 16.0. The van der Waals surface area contributed by atoms with Gasteiger partial charge in [-0.25, -0.2) is 12.8 Å². The van der Waals surface area contributed by atoms with E-state index in [1.54, 1.807) is 0 Å². The molecular formula is C11H12BrClFNO5S. The van der Waals surface area contributed by atoms with Crippen molar-refractivity contribution in [2.75, 3.05) is 26.9 Å². The average Bonchev–Trinajstić information content (AvgIpc) is 2.38. The summed E-state index contributed by atoms with van der Waals surface area (Å²) in [6.45, 7) is 0.318. The molecule has 0 saturated carbocycles. The van der Waals surface area contributed by atoms with Crippen LogP contribution in [0.3, 0.4) is 0 Å². The predicted molar refractivity (Wildman–Crippen MR) is 77.5 cm³/mol. The molecule has 1 N–H and O–H groups in total. The molecule has 118 valence electrons. The molecule has 0 radical (unpaired) electrons. The summed E-state index contributed by atoms with van der Waals surface area (Å²) in [5, 5.41) is 2.51. The first-order valence-corrected chi connectivity index (χ1v) is 8.68. The predicted octanol–water partition coefficient (Wildman–Crippen LogP) is 1.66. The molecule has 0 heterocycles. The molecule has 0 aliphatic rings. The van der Waals surface area contributed by atoms with Gasteiger partial charge in [0.1, 0.15) is 16.5 Å². The number of amides is 1. The Labute approximate surface area is 134 Å². The fourth-order valence-corrected chi connectivity index (χ4v) is 2.81. The molecule has 0 aliphatic heterocycles. The van der Waals surface area contributed by atoms with Crippen molar-refractivity contribution in [3.63, 3.8) is 0 Å². The smallest absolute Gasteiger partial charge is 0.264 e. The van der Waals surface area contributed by atoms with Crippen LogP contribution in [0.5, 0.6) is 5.75 Å². The van der Waals surface area contributed by atoms with Crippen LogP contribution in [0.4, 0.5) is 4.39 Å². The van der Waals surface area contributed by atoms with E-state index in [9.17, 15) is 17.6 Å². The number of methoxy groups -OCH3 is 1. The summed E-state index contributed by atoms with van der Waals surface area (Å²) in [6.07, 6.45) is 0. The number of hydrogen-bond donors (Lipinski definition) is 1. The molecular weight excluding hydrogens is 393 g/mol. The monoisotopic (exact) mass is 403 g/mol. The van der Waals surface area contributed by atoms with Gasteiger partial charge in [-0.2, -0.15) is 0 Å². The number of halogens is 3. The highest BCUT2D eigenvalue weighted by atomic mass is 79.9. The van der Waals surface area contributed by atoms with Gasteiger partial charge >= 0.3 is 0 Å². The second kappa shape index (κ2) is 7.92. The number of nitrogens with one attached hydrogen (secondary N) is 1. The summed E-state index contributed by atoms with van der Waals surface area (Å²) >= 11 is 3.02. The van der Waals surface area contributed by atoms with E-state index >= 15 is 0 Å². The summed E-state index contributed by atoms with van der Waals surface area (Å²) in [7, 11) is 2.38. The molecule has 0 atom stereocenters. The normalized spacial score (nSPS) is 11.2. The van der Waals surface area contributed by atoms with Gasteiger partial charge in [-0.05, 0) is 22.0 Å². The Kier molecular flexibility index (Phi) is 6.85. The van der Waals surface area contributed by atoms with Crippen LogP contribution < -0.4 is 10.1 Å². The lowest BCUT2D eigenvalue weighted by atomic mass is 10.3. The minimum absolute atomic E-state index is 0.0153. The second-order valence-corrected chi connectivity index (χ2v) is 7.17. The Morgan fingerprint density at radius 2 is 2.14 bits per heavy atom. The summed E-state index contributed by atoms with van der Waals surface area (Å²) in [6, 6.07) is 1.80. The molecule has 0 aliphatic carbocycles. The van der Waals surface area contributed by atoms with Gasteiger partial charge in [0.25, 0.3) is 15.0 Å². The van der Waals surface area contributed by atoms with Crippen molar-refractivity contribution in [1.82, 2.24) is 5.32 Å². The molecule has 1 aromatic carbocycles. The van der Waals surface area contributed by atoms with Crippen LogP contribution in [0.15, 0.2) is 21.5 Å². The van der Waals surface area contributed by atoms with Crippen molar-refractivity contribution in [2.24, 2.45) is 0 Å². The zero-order valence-corrected chi connectivity index (χ0v) is 14.0. The number of carbonyl (C=O) groups excluding carboxylic acids is 1. The molecule has 0 bridgehead atoms. The minimum Gasteiger partial charge on any atom is -0.482 e. The largest absolute Gasteiger partial charge is 0.482 e. The number of hydrogen-bond acceptors (Lipinski definition) is 5. The van der Waals surface area contributed by atoms with E-state index in [4.69, 9.17) is 20.2 Å². The lowest BCUT2D eigenvalue weighted by Crippen LogP contribution is -2.31. The maximum Gasteiger partial charge on any atom is 0.264 e. The highest BCUT2D eigenvalue weighted by Crippen LogP contribution is 2.31. The standard InChI is InChI=1S/C11H12BrClFNO5S/c1-19-3-2-15-11(16)6-20-9-5-8(14)10(4-7(9)12)21(13,17)18/h4-5H,2-3,6H2,1H3,(H,15,16). The van der Waals surface area contributed by atoms with E-state index < -0.39 is 25.7 Å². The van der Waals surface area contributed by atoms with Crippen LogP contribution in [0, 0.1) is 5.82 Å². The molecule has 1 amide bonds. The second-order valence-electron chi connectivity index (χ2n) is 3.78. The summed E-state index contributed by atoms with van der Waals surface area (Å²) < 4.78 is 45.9. The molecule has 0 aromatic heterocycles. The van der Waals surface area contributed by atoms with E-state index in [0.29, 0.717) is 13.2 Å². The van der Waals surface area contributed by atoms with Crippen LogP contribution in [0.1, 0.15) is 0 Å². The summed E-state index contributed by atoms with van der Waals surface area (Å²) in [5.41, 5.74) is 0. The molecule has 0 spiro atoms. The fraction of sp³-hybridized carbons (Fsp3) is 0.364. The van der Waals surface area contributed by atoms with Gasteiger partial charge in [-0.1, -0.05) is 0 Å². The maximum atomic E-state index is 13.6. The zero-order valence-electron chi connectivity index (χ0n) is 10.9. The molecule has 6 nitrogen and oxygen atoms in total. The molecule has 0 saturated heterocycles. The van der Waals surface area contributed by atoms with E-state index in [1.807, 2.05) is 0 Å².